The van der Waals surface area contributed by atoms with Gasteiger partial charge in [-0.1, -0.05) is 18.2 Å². The maximum atomic E-state index is 13.0. The van der Waals surface area contributed by atoms with Crippen molar-refractivity contribution in [3.63, 3.8) is 0 Å². The third kappa shape index (κ3) is 3.85. The molecule has 0 saturated carbocycles. The fourth-order valence-electron chi connectivity index (χ4n) is 3.58. The van der Waals surface area contributed by atoms with Gasteiger partial charge in [0.05, 0.1) is 26.9 Å². The van der Waals surface area contributed by atoms with Crippen LogP contribution in [0.2, 0.25) is 0 Å². The van der Waals surface area contributed by atoms with E-state index in [-0.39, 0.29) is 17.5 Å². The Labute approximate surface area is 170 Å². The van der Waals surface area contributed by atoms with Crippen molar-refractivity contribution in [1.29, 1.82) is 0 Å². The molecule has 0 radical (unpaired) electrons. The molecule has 7 nitrogen and oxygen atoms in total. The van der Waals surface area contributed by atoms with Crippen LogP contribution in [0.15, 0.2) is 36.4 Å². The van der Waals surface area contributed by atoms with Crippen LogP contribution in [-0.2, 0) is 16.0 Å². The summed E-state index contributed by atoms with van der Waals surface area (Å²) in [6.45, 7) is 3.55. The third-order valence-electron chi connectivity index (χ3n) is 4.98. The fourth-order valence-corrected chi connectivity index (χ4v) is 3.58. The van der Waals surface area contributed by atoms with Gasteiger partial charge in [0.15, 0.2) is 17.6 Å². The zero-order valence-electron chi connectivity index (χ0n) is 17.2. The first-order chi connectivity index (χ1) is 13.9. The highest BCUT2D eigenvalue weighted by atomic mass is 16.6. The minimum absolute atomic E-state index is 0.00206. The smallest absolute Gasteiger partial charge is 0.339 e. The number of methoxy groups -OCH3 is 3. The lowest BCUT2D eigenvalue weighted by atomic mass is 10.1. The van der Waals surface area contributed by atoms with E-state index in [1.807, 2.05) is 31.2 Å². The van der Waals surface area contributed by atoms with E-state index in [0.29, 0.717) is 17.2 Å². The van der Waals surface area contributed by atoms with Crippen LogP contribution < -0.4 is 19.1 Å². The lowest BCUT2D eigenvalue weighted by Gasteiger charge is -2.26. The minimum Gasteiger partial charge on any atom is -0.493 e. The van der Waals surface area contributed by atoms with Crippen LogP contribution in [0.3, 0.4) is 0 Å². The van der Waals surface area contributed by atoms with E-state index >= 15 is 0 Å². The number of carbonyl (C=O) groups is 2. The number of esters is 1. The summed E-state index contributed by atoms with van der Waals surface area (Å²) >= 11 is 0. The highest BCUT2D eigenvalue weighted by Gasteiger charge is 2.34. The molecular weight excluding hydrogens is 374 g/mol. The second-order valence-corrected chi connectivity index (χ2v) is 6.85. The zero-order valence-corrected chi connectivity index (χ0v) is 17.2. The lowest BCUT2D eigenvalue weighted by Crippen LogP contribution is -2.43. The molecule has 2 aromatic carbocycles. The molecule has 0 unspecified atom stereocenters. The summed E-state index contributed by atoms with van der Waals surface area (Å²) in [6, 6.07) is 10.7. The standard InChI is InChI=1S/C22H25NO6/c1-13-10-15-8-6-7-9-17(15)23(13)21(24)14(2)29-22(25)16-11-18(26-3)20(28-5)19(12-16)27-4/h6-9,11-14H,10H2,1-5H3/t13-,14-/m0/s1. The van der Waals surface area contributed by atoms with Gasteiger partial charge in [-0.3, -0.25) is 4.79 Å². The van der Waals surface area contributed by atoms with Gasteiger partial charge in [-0.15, -0.1) is 0 Å². The molecule has 0 aliphatic carbocycles. The predicted octanol–water partition coefficient (Wildman–Crippen LogP) is 3.24. The van der Waals surface area contributed by atoms with Crippen molar-refractivity contribution in [2.45, 2.75) is 32.4 Å². The molecule has 0 aromatic heterocycles. The number of fused-ring (bicyclic) bond motifs is 1. The van der Waals surface area contributed by atoms with Crippen LogP contribution in [0.4, 0.5) is 5.69 Å². The number of anilines is 1. The molecule has 2 aromatic rings. The molecule has 154 valence electrons. The zero-order chi connectivity index (χ0) is 21.1. The molecule has 1 heterocycles. The number of rotatable bonds is 6. The first kappa shape index (κ1) is 20.5. The van der Waals surface area contributed by atoms with Crippen molar-refractivity contribution < 1.29 is 28.5 Å². The number of nitrogens with zero attached hydrogens (tertiary/aromatic N) is 1. The molecule has 0 bridgehead atoms. The van der Waals surface area contributed by atoms with Gasteiger partial charge < -0.3 is 23.8 Å². The van der Waals surface area contributed by atoms with Gasteiger partial charge in [0, 0.05) is 11.7 Å². The van der Waals surface area contributed by atoms with Gasteiger partial charge in [-0.05, 0) is 44.0 Å². The van der Waals surface area contributed by atoms with Crippen LogP contribution >= 0.6 is 0 Å². The van der Waals surface area contributed by atoms with Gasteiger partial charge in [0.1, 0.15) is 0 Å². The normalized spacial score (nSPS) is 16.0. The van der Waals surface area contributed by atoms with E-state index < -0.39 is 12.1 Å². The van der Waals surface area contributed by atoms with Gasteiger partial charge in [-0.2, -0.15) is 0 Å². The highest BCUT2D eigenvalue weighted by Crippen LogP contribution is 2.38. The molecule has 1 aliphatic rings. The number of ether oxygens (including phenoxy) is 4. The number of benzene rings is 2. The third-order valence-corrected chi connectivity index (χ3v) is 4.98. The molecule has 7 heteroatoms. The number of carbonyl (C=O) groups excluding carboxylic acids is 2. The van der Waals surface area contributed by atoms with Crippen molar-refractivity contribution in [2.24, 2.45) is 0 Å². The topological polar surface area (TPSA) is 74.3 Å². The van der Waals surface area contributed by atoms with Gasteiger partial charge in [-0.25, -0.2) is 4.79 Å². The van der Waals surface area contributed by atoms with Gasteiger partial charge in [0.2, 0.25) is 5.75 Å². The molecule has 1 aliphatic heterocycles. The van der Waals surface area contributed by atoms with Crippen LogP contribution in [0.5, 0.6) is 17.2 Å². The van der Waals surface area contributed by atoms with E-state index in [2.05, 4.69) is 0 Å². The number of hydrogen-bond donors (Lipinski definition) is 0. The summed E-state index contributed by atoms with van der Waals surface area (Å²) < 4.78 is 21.3. The molecule has 29 heavy (non-hydrogen) atoms. The monoisotopic (exact) mass is 399 g/mol. The van der Waals surface area contributed by atoms with Gasteiger partial charge >= 0.3 is 5.97 Å². The Morgan fingerprint density at radius 2 is 1.66 bits per heavy atom. The fraction of sp³-hybridized carbons (Fsp3) is 0.364. The summed E-state index contributed by atoms with van der Waals surface area (Å²) in [5.74, 6) is 0.131. The van der Waals surface area contributed by atoms with Crippen molar-refractivity contribution in [3.05, 3.63) is 47.5 Å². The molecule has 2 atom stereocenters. The van der Waals surface area contributed by atoms with E-state index in [4.69, 9.17) is 18.9 Å². The molecule has 0 N–H and O–H groups in total. The van der Waals surface area contributed by atoms with E-state index in [0.717, 1.165) is 17.7 Å². The average Bonchev–Trinajstić information content (AvgIpc) is 3.07. The second-order valence-electron chi connectivity index (χ2n) is 6.85. The lowest BCUT2D eigenvalue weighted by molar-refractivity contribution is -0.126. The van der Waals surface area contributed by atoms with Crippen LogP contribution in [0.1, 0.15) is 29.8 Å². The van der Waals surface area contributed by atoms with E-state index in [9.17, 15) is 9.59 Å². The number of hydrogen-bond acceptors (Lipinski definition) is 6. The van der Waals surface area contributed by atoms with E-state index in [1.165, 1.54) is 33.5 Å². The van der Waals surface area contributed by atoms with E-state index in [1.54, 1.807) is 11.8 Å². The number of para-hydroxylation sites is 1. The minimum atomic E-state index is -0.949. The second kappa shape index (κ2) is 8.43. The maximum absolute atomic E-state index is 13.0. The summed E-state index contributed by atoms with van der Waals surface area (Å²) in [5.41, 5.74) is 2.17. The quantitative estimate of drug-likeness (QED) is 0.695. The Bertz CT molecular complexity index is 900. The summed E-state index contributed by atoms with van der Waals surface area (Å²) in [7, 11) is 4.41. The Hall–Kier alpha value is -3.22. The first-order valence-electron chi connectivity index (χ1n) is 9.33. The predicted molar refractivity (Wildman–Crippen MR) is 108 cm³/mol. The highest BCUT2D eigenvalue weighted by molar-refractivity contribution is 6.01. The molecule has 3 rings (SSSR count). The molecular formula is C22H25NO6. The average molecular weight is 399 g/mol. The summed E-state index contributed by atoms with van der Waals surface area (Å²) in [4.78, 5) is 27.4. The largest absolute Gasteiger partial charge is 0.493 e. The van der Waals surface area contributed by atoms with Crippen molar-refractivity contribution >= 4 is 17.6 Å². The summed E-state index contributed by atoms with van der Waals surface area (Å²) in [6.07, 6.45) is -0.176. The Balaban J connectivity index is 1.80. The first-order valence-corrected chi connectivity index (χ1v) is 9.33. The molecule has 0 saturated heterocycles. The van der Waals surface area contributed by atoms with Crippen LogP contribution in [-0.4, -0.2) is 45.4 Å². The Kier molecular flexibility index (Phi) is 5.96. The van der Waals surface area contributed by atoms with Gasteiger partial charge in [0.25, 0.3) is 5.91 Å². The van der Waals surface area contributed by atoms with Crippen molar-refractivity contribution in [3.8, 4) is 17.2 Å². The molecule has 0 spiro atoms. The maximum Gasteiger partial charge on any atom is 0.339 e. The Morgan fingerprint density at radius 3 is 2.24 bits per heavy atom. The SMILES string of the molecule is COc1cc(C(=O)O[C@@H](C)C(=O)N2c3ccccc3C[C@@H]2C)cc(OC)c1OC. The van der Waals surface area contributed by atoms with Crippen LogP contribution in [0.25, 0.3) is 0 Å². The Morgan fingerprint density at radius 1 is 1.03 bits per heavy atom. The number of amides is 1. The van der Waals surface area contributed by atoms with Crippen molar-refractivity contribution in [2.75, 3.05) is 26.2 Å². The van der Waals surface area contributed by atoms with Crippen molar-refractivity contribution in [1.82, 2.24) is 0 Å². The summed E-state index contributed by atoms with van der Waals surface area (Å²) in [5, 5.41) is 0. The van der Waals surface area contributed by atoms with Crippen LogP contribution in [0, 0.1) is 0 Å². The molecule has 0 fully saturated rings. The molecule has 1 amide bonds.